The molecular weight excluding hydrogens is 335 g/mol. The molecule has 2 aromatic carbocycles. The second-order valence-electron chi connectivity index (χ2n) is 5.02. The average molecular weight is 351 g/mol. The van der Waals surface area contributed by atoms with Crippen molar-refractivity contribution >= 4 is 40.7 Å². The third kappa shape index (κ3) is 4.98. The van der Waals surface area contributed by atoms with Gasteiger partial charge in [-0.1, -0.05) is 47.0 Å². The van der Waals surface area contributed by atoms with Gasteiger partial charge in [0.05, 0.1) is 15.7 Å². The minimum atomic E-state index is -0.251. The van der Waals surface area contributed by atoms with Crippen molar-refractivity contribution in [3.8, 4) is 0 Å². The Balaban J connectivity index is 1.83. The van der Waals surface area contributed by atoms with Gasteiger partial charge in [-0.3, -0.25) is 9.59 Å². The number of nitrogens with one attached hydrogen (secondary N) is 2. The van der Waals surface area contributed by atoms with Crippen LogP contribution < -0.4 is 10.6 Å². The molecule has 2 N–H and O–H groups in total. The van der Waals surface area contributed by atoms with Gasteiger partial charge in [-0.05, 0) is 31.2 Å². The second kappa shape index (κ2) is 7.99. The number of hydrogen-bond acceptors (Lipinski definition) is 2. The summed E-state index contributed by atoms with van der Waals surface area (Å²) in [6, 6.07) is 12.3. The van der Waals surface area contributed by atoms with E-state index in [1.54, 1.807) is 30.3 Å². The molecule has 0 heterocycles. The fourth-order valence-electron chi connectivity index (χ4n) is 1.99. The van der Waals surface area contributed by atoms with Gasteiger partial charge in [0.2, 0.25) is 5.91 Å². The summed E-state index contributed by atoms with van der Waals surface area (Å²) in [5, 5.41) is 6.05. The number of halogens is 2. The van der Waals surface area contributed by atoms with Crippen molar-refractivity contribution in [2.75, 3.05) is 11.9 Å². The van der Waals surface area contributed by atoms with E-state index in [1.807, 2.05) is 19.1 Å². The van der Waals surface area contributed by atoms with Crippen LogP contribution in [0.4, 0.5) is 5.69 Å². The van der Waals surface area contributed by atoms with Gasteiger partial charge in [-0.25, -0.2) is 0 Å². The number of carbonyl (C=O) groups is 2. The summed E-state index contributed by atoms with van der Waals surface area (Å²) < 4.78 is 0. The molecule has 2 amide bonds. The molecule has 2 rings (SSSR count). The number of carbonyl (C=O) groups excluding carboxylic acids is 2. The van der Waals surface area contributed by atoms with E-state index in [4.69, 9.17) is 23.2 Å². The summed E-state index contributed by atoms with van der Waals surface area (Å²) in [4.78, 5) is 23.8. The maximum absolute atomic E-state index is 12.0. The molecule has 0 saturated heterocycles. The van der Waals surface area contributed by atoms with Gasteiger partial charge < -0.3 is 10.6 Å². The average Bonchev–Trinajstić information content (AvgIpc) is 2.52. The molecule has 0 atom stereocenters. The summed E-state index contributed by atoms with van der Waals surface area (Å²) in [7, 11) is 0. The van der Waals surface area contributed by atoms with Crippen molar-refractivity contribution in [2.24, 2.45) is 0 Å². The molecule has 2 aromatic rings. The van der Waals surface area contributed by atoms with E-state index in [-0.39, 0.29) is 24.8 Å². The van der Waals surface area contributed by atoms with Crippen LogP contribution in [0.15, 0.2) is 42.5 Å². The molecule has 0 spiro atoms. The standard InChI is InChI=1S/C17H16Cl2N2O2/c1-11-4-2-5-12(10-11)17(23)20-9-8-15(22)21-14-7-3-6-13(18)16(14)19/h2-7,10H,8-9H2,1H3,(H,20,23)(H,21,22). The number of aryl methyl sites for hydroxylation is 1. The SMILES string of the molecule is Cc1cccc(C(=O)NCCC(=O)Nc2cccc(Cl)c2Cl)c1. The van der Waals surface area contributed by atoms with Crippen molar-refractivity contribution in [1.29, 1.82) is 0 Å². The molecule has 6 heteroatoms. The second-order valence-corrected chi connectivity index (χ2v) is 5.81. The Bertz CT molecular complexity index is 732. The Morgan fingerprint density at radius 2 is 1.83 bits per heavy atom. The highest BCUT2D eigenvalue weighted by atomic mass is 35.5. The summed E-state index contributed by atoms with van der Waals surface area (Å²) in [6.45, 7) is 2.15. The molecular formula is C17H16Cl2N2O2. The third-order valence-corrected chi connectivity index (χ3v) is 3.96. The minimum Gasteiger partial charge on any atom is -0.352 e. The lowest BCUT2D eigenvalue weighted by molar-refractivity contribution is -0.116. The normalized spacial score (nSPS) is 10.2. The lowest BCUT2D eigenvalue weighted by Gasteiger charge is -2.09. The molecule has 0 bridgehead atoms. The number of anilines is 1. The zero-order valence-electron chi connectivity index (χ0n) is 12.5. The van der Waals surface area contributed by atoms with E-state index in [0.29, 0.717) is 21.3 Å². The lowest BCUT2D eigenvalue weighted by Crippen LogP contribution is -2.27. The summed E-state index contributed by atoms with van der Waals surface area (Å²) in [5.74, 6) is -0.457. The lowest BCUT2D eigenvalue weighted by atomic mass is 10.1. The van der Waals surface area contributed by atoms with Gasteiger partial charge in [-0.15, -0.1) is 0 Å². The largest absolute Gasteiger partial charge is 0.352 e. The minimum absolute atomic E-state index is 0.139. The van der Waals surface area contributed by atoms with Gasteiger partial charge in [0.25, 0.3) is 5.91 Å². The van der Waals surface area contributed by atoms with Crippen LogP contribution in [0.25, 0.3) is 0 Å². The van der Waals surface area contributed by atoms with Crippen LogP contribution in [0.1, 0.15) is 22.3 Å². The van der Waals surface area contributed by atoms with Crippen molar-refractivity contribution in [3.63, 3.8) is 0 Å². The van der Waals surface area contributed by atoms with Crippen molar-refractivity contribution in [3.05, 3.63) is 63.6 Å². The highest BCUT2D eigenvalue weighted by Gasteiger charge is 2.09. The van der Waals surface area contributed by atoms with E-state index >= 15 is 0 Å². The first kappa shape index (κ1) is 17.3. The van der Waals surface area contributed by atoms with E-state index in [2.05, 4.69) is 10.6 Å². The third-order valence-electron chi connectivity index (χ3n) is 3.14. The topological polar surface area (TPSA) is 58.2 Å². The van der Waals surface area contributed by atoms with Gasteiger partial charge in [0.1, 0.15) is 0 Å². The first-order valence-corrected chi connectivity index (χ1v) is 7.81. The molecule has 0 fully saturated rings. The molecule has 0 saturated carbocycles. The number of hydrogen-bond donors (Lipinski definition) is 2. The van der Waals surface area contributed by atoms with Crippen molar-refractivity contribution < 1.29 is 9.59 Å². The highest BCUT2D eigenvalue weighted by Crippen LogP contribution is 2.29. The predicted molar refractivity (Wildman–Crippen MR) is 93.2 cm³/mol. The molecule has 120 valence electrons. The molecule has 4 nitrogen and oxygen atoms in total. The zero-order valence-corrected chi connectivity index (χ0v) is 14.0. The maximum Gasteiger partial charge on any atom is 0.251 e. The van der Waals surface area contributed by atoms with Crippen molar-refractivity contribution in [1.82, 2.24) is 5.32 Å². The fourth-order valence-corrected chi connectivity index (χ4v) is 2.34. The summed E-state index contributed by atoms with van der Waals surface area (Å²) in [5.41, 5.74) is 2.03. The van der Waals surface area contributed by atoms with E-state index in [9.17, 15) is 9.59 Å². The number of rotatable bonds is 5. The first-order chi connectivity index (χ1) is 11.0. The Morgan fingerprint density at radius 1 is 1.09 bits per heavy atom. The summed E-state index contributed by atoms with van der Waals surface area (Å²) >= 11 is 11.9. The van der Waals surface area contributed by atoms with Gasteiger partial charge in [-0.2, -0.15) is 0 Å². The first-order valence-electron chi connectivity index (χ1n) is 7.06. The maximum atomic E-state index is 12.0. The molecule has 0 aliphatic rings. The van der Waals surface area contributed by atoms with Gasteiger partial charge in [0, 0.05) is 18.5 Å². The monoisotopic (exact) mass is 350 g/mol. The highest BCUT2D eigenvalue weighted by molar-refractivity contribution is 6.43. The Kier molecular flexibility index (Phi) is 6.02. The van der Waals surface area contributed by atoms with Crippen LogP contribution in [-0.2, 0) is 4.79 Å². The number of amides is 2. The molecule has 0 unspecified atom stereocenters. The van der Waals surface area contributed by atoms with Crippen LogP contribution in [0, 0.1) is 6.92 Å². The van der Waals surface area contributed by atoms with Crippen LogP contribution >= 0.6 is 23.2 Å². The Morgan fingerprint density at radius 3 is 2.57 bits per heavy atom. The molecule has 0 aromatic heterocycles. The van der Waals surface area contributed by atoms with Crippen LogP contribution in [0.2, 0.25) is 10.0 Å². The van der Waals surface area contributed by atoms with Crippen molar-refractivity contribution in [2.45, 2.75) is 13.3 Å². The molecule has 0 aliphatic heterocycles. The van der Waals surface area contributed by atoms with E-state index in [1.165, 1.54) is 0 Å². The van der Waals surface area contributed by atoms with E-state index < -0.39 is 0 Å². The van der Waals surface area contributed by atoms with Gasteiger partial charge >= 0.3 is 0 Å². The molecule has 0 radical (unpaired) electrons. The van der Waals surface area contributed by atoms with Crippen LogP contribution in [-0.4, -0.2) is 18.4 Å². The van der Waals surface area contributed by atoms with Crippen LogP contribution in [0.3, 0.4) is 0 Å². The van der Waals surface area contributed by atoms with Gasteiger partial charge in [0.15, 0.2) is 0 Å². The number of benzene rings is 2. The van der Waals surface area contributed by atoms with E-state index in [0.717, 1.165) is 5.56 Å². The predicted octanol–water partition coefficient (Wildman–Crippen LogP) is 4.06. The summed E-state index contributed by atoms with van der Waals surface area (Å²) in [6.07, 6.45) is 0.139. The Hall–Kier alpha value is -2.04. The quantitative estimate of drug-likeness (QED) is 0.854. The molecule has 23 heavy (non-hydrogen) atoms. The van der Waals surface area contributed by atoms with Crippen LogP contribution in [0.5, 0.6) is 0 Å². The molecule has 0 aliphatic carbocycles. The smallest absolute Gasteiger partial charge is 0.251 e. The zero-order chi connectivity index (χ0) is 16.8. The fraction of sp³-hybridized carbons (Fsp3) is 0.176. The Labute approximate surface area is 144 Å².